The zero-order chi connectivity index (χ0) is 9.73. The van der Waals surface area contributed by atoms with Crippen molar-refractivity contribution in [3.63, 3.8) is 0 Å². The van der Waals surface area contributed by atoms with Gasteiger partial charge in [0.25, 0.3) is 0 Å². The van der Waals surface area contributed by atoms with E-state index < -0.39 is 11.5 Å². The summed E-state index contributed by atoms with van der Waals surface area (Å²) in [6.07, 6.45) is 6.38. The average molecular weight is 220 g/mol. The van der Waals surface area contributed by atoms with E-state index in [1.165, 1.54) is 0 Å². The standard InChI is InChI=1S/C10H17NO2.ClH/c1-2-8-11-10(9(12)13)6-4-3-5-7-10;/h2,11H,1,3-8H2,(H,12,13);1H. The molecule has 0 atom stereocenters. The Balaban J connectivity index is 0.00000169. The maximum Gasteiger partial charge on any atom is 0.323 e. The molecule has 0 heterocycles. The van der Waals surface area contributed by atoms with Gasteiger partial charge in [-0.15, -0.1) is 19.0 Å². The van der Waals surface area contributed by atoms with Gasteiger partial charge in [-0.3, -0.25) is 10.1 Å². The number of carboxylic acid groups (broad SMARTS) is 1. The highest BCUT2D eigenvalue weighted by molar-refractivity contribution is 5.85. The molecule has 1 fully saturated rings. The van der Waals surface area contributed by atoms with Crippen molar-refractivity contribution in [3.8, 4) is 0 Å². The SMILES string of the molecule is C=CCNC1(C(=O)O)CCCCC1.Cl. The molecule has 14 heavy (non-hydrogen) atoms. The Kier molecular flexibility index (Phi) is 5.81. The van der Waals surface area contributed by atoms with Crippen molar-refractivity contribution in [3.05, 3.63) is 12.7 Å². The van der Waals surface area contributed by atoms with Crippen LogP contribution in [0.3, 0.4) is 0 Å². The summed E-state index contributed by atoms with van der Waals surface area (Å²) in [4.78, 5) is 11.1. The van der Waals surface area contributed by atoms with Crippen LogP contribution < -0.4 is 5.32 Å². The van der Waals surface area contributed by atoms with Gasteiger partial charge in [-0.2, -0.15) is 0 Å². The maximum absolute atomic E-state index is 11.1. The fourth-order valence-corrected chi connectivity index (χ4v) is 1.89. The van der Waals surface area contributed by atoms with Gasteiger partial charge < -0.3 is 5.11 Å². The Morgan fingerprint density at radius 2 is 2.00 bits per heavy atom. The molecule has 0 aliphatic heterocycles. The van der Waals surface area contributed by atoms with Crippen LogP contribution >= 0.6 is 12.4 Å². The molecule has 0 radical (unpaired) electrons. The molecule has 82 valence electrons. The Bertz CT molecular complexity index is 200. The minimum atomic E-state index is -0.714. The summed E-state index contributed by atoms with van der Waals surface area (Å²) in [5.41, 5.74) is -0.674. The van der Waals surface area contributed by atoms with E-state index in [0.29, 0.717) is 6.54 Å². The number of halogens is 1. The Labute approximate surface area is 91.0 Å². The highest BCUT2D eigenvalue weighted by Crippen LogP contribution is 2.28. The van der Waals surface area contributed by atoms with Gasteiger partial charge in [0.05, 0.1) is 0 Å². The second-order valence-corrected chi connectivity index (χ2v) is 3.62. The molecule has 0 aromatic heterocycles. The Hall–Kier alpha value is -0.540. The van der Waals surface area contributed by atoms with Crippen LogP contribution in [0, 0.1) is 0 Å². The number of rotatable bonds is 4. The molecule has 1 rings (SSSR count). The maximum atomic E-state index is 11.1. The number of carboxylic acids is 1. The lowest BCUT2D eigenvalue weighted by Crippen LogP contribution is -2.53. The molecule has 1 aliphatic carbocycles. The van der Waals surface area contributed by atoms with Crippen molar-refractivity contribution in [2.24, 2.45) is 0 Å². The van der Waals surface area contributed by atoms with E-state index >= 15 is 0 Å². The van der Waals surface area contributed by atoms with E-state index in [4.69, 9.17) is 5.11 Å². The molecule has 0 bridgehead atoms. The number of aliphatic carboxylic acids is 1. The third kappa shape index (κ3) is 3.00. The number of hydrogen-bond donors (Lipinski definition) is 2. The molecule has 1 aliphatic rings. The van der Waals surface area contributed by atoms with E-state index in [9.17, 15) is 4.79 Å². The number of hydrogen-bond acceptors (Lipinski definition) is 2. The van der Waals surface area contributed by atoms with Gasteiger partial charge in [0.15, 0.2) is 0 Å². The molecule has 0 aromatic carbocycles. The minimum Gasteiger partial charge on any atom is -0.480 e. The molecule has 0 spiro atoms. The monoisotopic (exact) mass is 219 g/mol. The van der Waals surface area contributed by atoms with Crippen LogP contribution in [0.15, 0.2) is 12.7 Å². The third-order valence-electron chi connectivity index (χ3n) is 2.70. The lowest BCUT2D eigenvalue weighted by Gasteiger charge is -2.33. The predicted octanol–water partition coefficient (Wildman–Crippen LogP) is 1.97. The molecule has 0 saturated heterocycles. The minimum absolute atomic E-state index is 0. The summed E-state index contributed by atoms with van der Waals surface area (Å²) in [7, 11) is 0. The van der Waals surface area contributed by atoms with Gasteiger partial charge in [0, 0.05) is 6.54 Å². The van der Waals surface area contributed by atoms with Crippen LogP contribution in [-0.4, -0.2) is 23.2 Å². The zero-order valence-corrected chi connectivity index (χ0v) is 9.11. The lowest BCUT2D eigenvalue weighted by molar-refractivity contribution is -0.146. The topological polar surface area (TPSA) is 49.3 Å². The molecular formula is C10H18ClNO2. The summed E-state index contributed by atoms with van der Waals surface area (Å²) in [6.45, 7) is 4.16. The average Bonchev–Trinajstić information content (AvgIpc) is 2.16. The smallest absolute Gasteiger partial charge is 0.323 e. The van der Waals surface area contributed by atoms with Crippen molar-refractivity contribution in [2.75, 3.05) is 6.54 Å². The summed E-state index contributed by atoms with van der Waals surface area (Å²) in [6, 6.07) is 0. The summed E-state index contributed by atoms with van der Waals surface area (Å²) in [5, 5.41) is 12.2. The van der Waals surface area contributed by atoms with Crippen LogP contribution in [0.25, 0.3) is 0 Å². The fraction of sp³-hybridized carbons (Fsp3) is 0.700. The van der Waals surface area contributed by atoms with Crippen molar-refractivity contribution >= 4 is 18.4 Å². The highest BCUT2D eigenvalue weighted by Gasteiger charge is 2.38. The molecular weight excluding hydrogens is 202 g/mol. The first-order valence-corrected chi connectivity index (χ1v) is 4.80. The molecule has 1 saturated carbocycles. The van der Waals surface area contributed by atoms with Crippen molar-refractivity contribution in [1.82, 2.24) is 5.32 Å². The van der Waals surface area contributed by atoms with E-state index in [-0.39, 0.29) is 12.4 Å². The Morgan fingerprint density at radius 1 is 1.43 bits per heavy atom. The first-order chi connectivity index (χ1) is 6.21. The zero-order valence-electron chi connectivity index (χ0n) is 8.29. The molecule has 4 heteroatoms. The summed E-state index contributed by atoms with van der Waals surface area (Å²) < 4.78 is 0. The van der Waals surface area contributed by atoms with Crippen LogP contribution in [0.4, 0.5) is 0 Å². The second kappa shape index (κ2) is 6.04. The first-order valence-electron chi connectivity index (χ1n) is 4.80. The van der Waals surface area contributed by atoms with Crippen molar-refractivity contribution in [2.45, 2.75) is 37.6 Å². The lowest BCUT2D eigenvalue weighted by atomic mass is 9.81. The quantitative estimate of drug-likeness (QED) is 0.711. The first kappa shape index (κ1) is 13.5. The van der Waals surface area contributed by atoms with E-state index in [2.05, 4.69) is 11.9 Å². The van der Waals surface area contributed by atoms with Crippen LogP contribution in [0.1, 0.15) is 32.1 Å². The van der Waals surface area contributed by atoms with Gasteiger partial charge in [0.2, 0.25) is 0 Å². The molecule has 3 nitrogen and oxygen atoms in total. The molecule has 0 aromatic rings. The second-order valence-electron chi connectivity index (χ2n) is 3.62. The van der Waals surface area contributed by atoms with Crippen LogP contribution in [0.2, 0.25) is 0 Å². The van der Waals surface area contributed by atoms with E-state index in [0.717, 1.165) is 32.1 Å². The predicted molar refractivity (Wildman–Crippen MR) is 58.9 cm³/mol. The fourth-order valence-electron chi connectivity index (χ4n) is 1.89. The summed E-state index contributed by atoms with van der Waals surface area (Å²) in [5.74, 6) is -0.714. The Morgan fingerprint density at radius 3 is 2.43 bits per heavy atom. The number of nitrogens with one attached hydrogen (secondary N) is 1. The highest BCUT2D eigenvalue weighted by atomic mass is 35.5. The largest absolute Gasteiger partial charge is 0.480 e. The van der Waals surface area contributed by atoms with Gasteiger partial charge >= 0.3 is 5.97 Å². The van der Waals surface area contributed by atoms with Gasteiger partial charge in [-0.25, -0.2) is 0 Å². The normalized spacial score (nSPS) is 19.4. The third-order valence-corrected chi connectivity index (χ3v) is 2.70. The van der Waals surface area contributed by atoms with Gasteiger partial charge in [-0.1, -0.05) is 25.3 Å². The van der Waals surface area contributed by atoms with Gasteiger partial charge in [-0.05, 0) is 12.8 Å². The summed E-state index contributed by atoms with van der Waals surface area (Å²) >= 11 is 0. The van der Waals surface area contributed by atoms with E-state index in [1.807, 2.05) is 0 Å². The number of carbonyl (C=O) groups is 1. The van der Waals surface area contributed by atoms with Crippen LogP contribution in [0.5, 0.6) is 0 Å². The van der Waals surface area contributed by atoms with Gasteiger partial charge in [0.1, 0.15) is 5.54 Å². The molecule has 0 unspecified atom stereocenters. The molecule has 2 N–H and O–H groups in total. The molecule has 0 amide bonds. The van der Waals surface area contributed by atoms with Crippen LogP contribution in [-0.2, 0) is 4.79 Å². The van der Waals surface area contributed by atoms with Crippen molar-refractivity contribution < 1.29 is 9.90 Å². The van der Waals surface area contributed by atoms with E-state index in [1.54, 1.807) is 6.08 Å². The van der Waals surface area contributed by atoms with Crippen molar-refractivity contribution in [1.29, 1.82) is 0 Å².